The fourth-order valence-corrected chi connectivity index (χ4v) is 3.66. The van der Waals surface area contributed by atoms with Crippen molar-refractivity contribution in [3.8, 4) is 0 Å². The van der Waals surface area contributed by atoms with Crippen molar-refractivity contribution >= 4 is 40.4 Å². The summed E-state index contributed by atoms with van der Waals surface area (Å²) in [6.07, 6.45) is 12.5. The predicted molar refractivity (Wildman–Crippen MR) is 149 cm³/mol. The van der Waals surface area contributed by atoms with E-state index in [4.69, 9.17) is 9.47 Å². The number of rotatable bonds is 13. The molecule has 0 saturated carbocycles. The minimum Gasteiger partial charge on any atom is -0.490 e. The van der Waals surface area contributed by atoms with Gasteiger partial charge < -0.3 is 25.2 Å². The highest BCUT2D eigenvalue weighted by Crippen LogP contribution is 2.22. The standard InChI is InChI=1S/C27H39IN2O6/c1-17(2)25(26(33)29-15-7-8-21(31)11-10-20(5)28)30-24(32)14-9-18(3)16-19(4)22-12-13-23(35-6)27(34)36-22/h7,9-10,13-17,19,21-22,25,31H,8,11-12H2,1-6H3,(H,29,33)(H,30,32)/b14-9-,15-7-,18-16+,20-10+/t19-,21+,22-,25-/m0/s1. The highest BCUT2D eigenvalue weighted by atomic mass is 127. The Morgan fingerprint density at radius 2 is 1.94 bits per heavy atom. The zero-order chi connectivity index (χ0) is 27.3. The average Bonchev–Trinajstić information content (AvgIpc) is 2.82. The SMILES string of the molecule is COC1=CC[C@@H]([C@@H](C)/C=C(C)/C=C\C(=O)N[C@H](C(=O)N/C=C\C[C@@H](O)C/C=C(\C)I)C(C)C)OC1=O. The smallest absolute Gasteiger partial charge is 0.373 e. The Morgan fingerprint density at radius 1 is 1.25 bits per heavy atom. The van der Waals surface area contributed by atoms with E-state index in [9.17, 15) is 19.5 Å². The highest BCUT2D eigenvalue weighted by molar-refractivity contribution is 14.1. The molecule has 0 unspecified atom stereocenters. The van der Waals surface area contributed by atoms with Crippen LogP contribution in [0, 0.1) is 11.8 Å². The molecule has 0 fully saturated rings. The van der Waals surface area contributed by atoms with Crippen LogP contribution in [0.3, 0.4) is 0 Å². The van der Waals surface area contributed by atoms with Crippen LogP contribution in [0.5, 0.6) is 0 Å². The molecule has 0 aromatic rings. The molecule has 200 valence electrons. The van der Waals surface area contributed by atoms with Crippen LogP contribution in [-0.4, -0.2) is 48.2 Å². The molecule has 36 heavy (non-hydrogen) atoms. The molecular weight excluding hydrogens is 575 g/mol. The minimum atomic E-state index is -0.715. The van der Waals surface area contributed by atoms with E-state index in [1.165, 1.54) is 19.4 Å². The van der Waals surface area contributed by atoms with Crippen molar-refractivity contribution in [1.82, 2.24) is 10.6 Å². The second kappa shape index (κ2) is 16.4. The number of nitrogens with one attached hydrogen (secondary N) is 2. The van der Waals surface area contributed by atoms with E-state index >= 15 is 0 Å². The van der Waals surface area contributed by atoms with E-state index in [-0.39, 0.29) is 35.5 Å². The van der Waals surface area contributed by atoms with Crippen LogP contribution in [0.1, 0.15) is 53.9 Å². The Hall–Kier alpha value is -2.40. The number of allylic oxidation sites excluding steroid dienone is 3. The van der Waals surface area contributed by atoms with Gasteiger partial charge in [-0.05, 0) is 71.1 Å². The van der Waals surface area contributed by atoms with Gasteiger partial charge in [-0.25, -0.2) is 4.79 Å². The number of carbonyl (C=O) groups is 3. The first-order valence-electron chi connectivity index (χ1n) is 12.0. The largest absolute Gasteiger partial charge is 0.490 e. The maximum absolute atomic E-state index is 12.6. The quantitative estimate of drug-likeness (QED) is 0.124. The van der Waals surface area contributed by atoms with E-state index in [0.717, 1.165) is 9.15 Å². The molecule has 0 aliphatic carbocycles. The number of methoxy groups -OCH3 is 1. The zero-order valence-corrected chi connectivity index (χ0v) is 24.1. The van der Waals surface area contributed by atoms with Crippen LogP contribution in [-0.2, 0) is 23.9 Å². The molecule has 1 heterocycles. The molecule has 1 rings (SSSR count). The summed E-state index contributed by atoms with van der Waals surface area (Å²) in [7, 11) is 1.43. The summed E-state index contributed by atoms with van der Waals surface area (Å²) in [5, 5.41) is 15.3. The number of esters is 1. The van der Waals surface area contributed by atoms with Crippen molar-refractivity contribution in [2.24, 2.45) is 11.8 Å². The van der Waals surface area contributed by atoms with Crippen molar-refractivity contribution in [2.45, 2.75) is 72.1 Å². The van der Waals surface area contributed by atoms with Gasteiger partial charge in [0.2, 0.25) is 11.8 Å². The monoisotopic (exact) mass is 614 g/mol. The van der Waals surface area contributed by atoms with E-state index in [1.807, 2.05) is 46.8 Å². The molecule has 0 saturated heterocycles. The summed E-state index contributed by atoms with van der Waals surface area (Å²) in [5.74, 6) is -1.16. The Morgan fingerprint density at radius 3 is 2.53 bits per heavy atom. The first kappa shape index (κ1) is 31.6. The molecular formula is C27H39IN2O6. The van der Waals surface area contributed by atoms with Gasteiger partial charge in [0.25, 0.3) is 0 Å². The molecule has 0 spiro atoms. The van der Waals surface area contributed by atoms with Gasteiger partial charge in [0, 0.05) is 18.4 Å². The summed E-state index contributed by atoms with van der Waals surface area (Å²) in [5.41, 5.74) is 0.829. The van der Waals surface area contributed by atoms with Gasteiger partial charge in [-0.15, -0.1) is 0 Å². The normalized spacial score (nSPS) is 19.6. The third-order valence-corrected chi connectivity index (χ3v) is 5.93. The van der Waals surface area contributed by atoms with E-state index in [2.05, 4.69) is 33.2 Å². The summed E-state index contributed by atoms with van der Waals surface area (Å²) in [6.45, 7) is 9.45. The van der Waals surface area contributed by atoms with Crippen LogP contribution in [0.25, 0.3) is 0 Å². The second-order valence-corrected chi connectivity index (χ2v) is 10.8. The van der Waals surface area contributed by atoms with E-state index in [1.54, 1.807) is 18.2 Å². The lowest BCUT2D eigenvalue weighted by Crippen LogP contribution is -2.48. The van der Waals surface area contributed by atoms with Crippen LogP contribution in [0.4, 0.5) is 0 Å². The van der Waals surface area contributed by atoms with E-state index < -0.39 is 18.1 Å². The fourth-order valence-electron chi connectivity index (χ4n) is 3.41. The molecule has 0 aromatic heterocycles. The number of aliphatic hydroxyl groups is 1. The maximum atomic E-state index is 12.6. The van der Waals surface area contributed by atoms with Crippen molar-refractivity contribution in [3.05, 3.63) is 57.6 Å². The lowest BCUT2D eigenvalue weighted by molar-refractivity contribution is -0.151. The molecule has 0 aromatic carbocycles. The van der Waals surface area contributed by atoms with Gasteiger partial charge in [-0.3, -0.25) is 9.59 Å². The predicted octanol–water partition coefficient (Wildman–Crippen LogP) is 4.22. The third-order valence-electron chi connectivity index (χ3n) is 5.49. The van der Waals surface area contributed by atoms with Gasteiger partial charge in [-0.2, -0.15) is 0 Å². The molecule has 8 nitrogen and oxygen atoms in total. The minimum absolute atomic E-state index is 0.0579. The van der Waals surface area contributed by atoms with Gasteiger partial charge >= 0.3 is 5.97 Å². The van der Waals surface area contributed by atoms with E-state index in [0.29, 0.717) is 19.3 Å². The lowest BCUT2D eigenvalue weighted by Gasteiger charge is -2.25. The Kier molecular flexibility index (Phi) is 14.4. The number of ether oxygens (including phenoxy) is 2. The van der Waals surface area contributed by atoms with Crippen molar-refractivity contribution < 1.29 is 29.0 Å². The topological polar surface area (TPSA) is 114 Å². The fraction of sp³-hybridized carbons (Fsp3) is 0.519. The Labute approximate surface area is 228 Å². The first-order valence-corrected chi connectivity index (χ1v) is 13.1. The molecule has 0 bridgehead atoms. The summed E-state index contributed by atoms with van der Waals surface area (Å²) < 4.78 is 11.5. The summed E-state index contributed by atoms with van der Waals surface area (Å²) >= 11 is 2.19. The van der Waals surface area contributed by atoms with Crippen LogP contribution < -0.4 is 10.6 Å². The molecule has 3 N–H and O–H groups in total. The summed E-state index contributed by atoms with van der Waals surface area (Å²) in [4.78, 5) is 36.9. The molecule has 2 amide bonds. The van der Waals surface area contributed by atoms with Gasteiger partial charge in [0.1, 0.15) is 12.1 Å². The first-order chi connectivity index (χ1) is 16.9. The molecule has 0 radical (unpaired) electrons. The molecule has 1 aliphatic heterocycles. The third kappa shape index (κ3) is 12.0. The van der Waals surface area contributed by atoms with Crippen molar-refractivity contribution in [1.29, 1.82) is 0 Å². The van der Waals surface area contributed by atoms with Crippen LogP contribution in [0.15, 0.2) is 57.6 Å². The lowest BCUT2D eigenvalue weighted by atomic mass is 9.97. The number of aliphatic hydroxyl groups excluding tert-OH is 1. The number of hydrogen-bond acceptors (Lipinski definition) is 6. The number of halogens is 1. The number of carbonyl (C=O) groups excluding carboxylic acids is 3. The average molecular weight is 615 g/mol. The zero-order valence-electron chi connectivity index (χ0n) is 21.9. The van der Waals surface area contributed by atoms with Crippen molar-refractivity contribution in [2.75, 3.05) is 7.11 Å². The van der Waals surface area contributed by atoms with Crippen LogP contribution in [0.2, 0.25) is 0 Å². The van der Waals surface area contributed by atoms with Crippen LogP contribution >= 0.6 is 22.6 Å². The van der Waals surface area contributed by atoms with Gasteiger partial charge in [0.15, 0.2) is 5.76 Å². The summed E-state index contributed by atoms with van der Waals surface area (Å²) in [6, 6.07) is -0.715. The number of hydrogen-bond donors (Lipinski definition) is 3. The Balaban J connectivity index is 2.61. The highest BCUT2D eigenvalue weighted by Gasteiger charge is 2.27. The van der Waals surface area contributed by atoms with Gasteiger partial charge in [-0.1, -0.05) is 50.6 Å². The molecule has 1 aliphatic rings. The molecule has 4 atom stereocenters. The van der Waals surface area contributed by atoms with Gasteiger partial charge in [0.05, 0.1) is 13.2 Å². The number of amides is 2. The second-order valence-electron chi connectivity index (χ2n) is 9.11. The Bertz CT molecular complexity index is 915. The maximum Gasteiger partial charge on any atom is 0.373 e. The van der Waals surface area contributed by atoms with Crippen molar-refractivity contribution in [3.63, 3.8) is 0 Å². The number of cyclic esters (lactones) is 1. The molecule has 9 heteroatoms.